The Kier molecular flexibility index (Phi) is 6.43. The third-order valence-corrected chi connectivity index (χ3v) is 3.95. The monoisotopic (exact) mass is 510 g/mol. The highest BCUT2D eigenvalue weighted by Gasteiger charge is 2.38. The zero-order chi connectivity index (χ0) is 21.1. The molecule has 12 heteroatoms. The van der Waals surface area contributed by atoms with Crippen LogP contribution in [0.3, 0.4) is 0 Å². The summed E-state index contributed by atoms with van der Waals surface area (Å²) in [7, 11) is 0. The molecule has 4 N–H and O–H groups in total. The van der Waals surface area contributed by atoms with Gasteiger partial charge in [0.15, 0.2) is 0 Å². The molecule has 1 aromatic carbocycles. The Labute approximate surface area is 168 Å². The molecule has 0 aliphatic carbocycles. The highest BCUT2D eigenvalue weighted by molar-refractivity contribution is 14.1. The van der Waals surface area contributed by atoms with Gasteiger partial charge in [-0.1, -0.05) is 0 Å². The Morgan fingerprint density at radius 1 is 1.21 bits per heavy atom. The summed E-state index contributed by atoms with van der Waals surface area (Å²) in [4.78, 5) is 24.5. The summed E-state index contributed by atoms with van der Waals surface area (Å²) in [5, 5.41) is 10.0. The first kappa shape index (κ1) is 21.4. The molecule has 3 rings (SSSR count). The number of carboxylic acid groups (broad SMARTS) is 1. The van der Waals surface area contributed by atoms with Gasteiger partial charge in [0.1, 0.15) is 18.0 Å². The molecule has 0 saturated heterocycles. The number of imidazole rings is 1. The van der Waals surface area contributed by atoms with E-state index in [9.17, 15) is 22.4 Å². The van der Waals surface area contributed by atoms with Crippen molar-refractivity contribution in [2.24, 2.45) is 5.73 Å². The smallest absolute Gasteiger partial charge is 0.475 e. The number of pyridine rings is 1. The molecule has 7 nitrogen and oxygen atoms in total. The lowest BCUT2D eigenvalue weighted by Crippen LogP contribution is -2.21. The van der Waals surface area contributed by atoms with Gasteiger partial charge in [-0.25, -0.2) is 14.2 Å². The van der Waals surface area contributed by atoms with Crippen LogP contribution in [0.4, 0.5) is 29.1 Å². The molecule has 0 spiro atoms. The van der Waals surface area contributed by atoms with Crippen molar-refractivity contribution in [3.63, 3.8) is 0 Å². The second-order valence-corrected chi connectivity index (χ2v) is 6.45. The van der Waals surface area contributed by atoms with Crippen LogP contribution in [-0.4, -0.2) is 32.5 Å². The van der Waals surface area contributed by atoms with Gasteiger partial charge in [-0.3, -0.25) is 9.20 Å². The van der Waals surface area contributed by atoms with Gasteiger partial charge in [0, 0.05) is 3.57 Å². The molecule has 148 valence electrons. The van der Waals surface area contributed by atoms with Crippen LogP contribution in [0.5, 0.6) is 0 Å². The van der Waals surface area contributed by atoms with Gasteiger partial charge in [0.2, 0.25) is 0 Å². The van der Waals surface area contributed by atoms with Gasteiger partial charge in [0.05, 0.1) is 23.0 Å². The van der Waals surface area contributed by atoms with Crippen LogP contribution in [0.25, 0.3) is 5.52 Å². The minimum Gasteiger partial charge on any atom is -0.475 e. The molecule has 0 aliphatic rings. The van der Waals surface area contributed by atoms with Gasteiger partial charge in [-0.15, -0.1) is 0 Å². The van der Waals surface area contributed by atoms with Crippen molar-refractivity contribution in [2.75, 3.05) is 5.32 Å². The third kappa shape index (κ3) is 5.09. The van der Waals surface area contributed by atoms with Crippen LogP contribution in [-0.2, 0) is 4.79 Å². The maximum atomic E-state index is 14.0. The molecule has 0 fully saturated rings. The molecule has 0 atom stereocenters. The fourth-order valence-corrected chi connectivity index (χ4v) is 2.49. The standard InChI is InChI=1S/C14H10FIN4O.C2HF3O2/c15-11-5-8(16)1-4-12(11)19-14-10(13(17)21)3-2-9-6-18-7-20(9)14;3-2(4,5)1(6)7/h1-7,19H,(H2,17,21);(H,6,7). The third-order valence-electron chi connectivity index (χ3n) is 3.28. The van der Waals surface area contributed by atoms with Crippen molar-refractivity contribution < 1.29 is 32.3 Å². The van der Waals surface area contributed by atoms with Crippen LogP contribution in [0, 0.1) is 9.39 Å². The van der Waals surface area contributed by atoms with E-state index in [1.165, 1.54) is 12.4 Å². The second kappa shape index (κ2) is 8.41. The van der Waals surface area contributed by atoms with Gasteiger partial charge < -0.3 is 16.2 Å². The van der Waals surface area contributed by atoms with E-state index in [2.05, 4.69) is 10.3 Å². The topological polar surface area (TPSA) is 110 Å². The number of nitrogens with zero attached hydrogens (tertiary/aromatic N) is 2. The van der Waals surface area contributed by atoms with E-state index in [-0.39, 0.29) is 11.3 Å². The van der Waals surface area contributed by atoms with Crippen molar-refractivity contribution in [3.8, 4) is 0 Å². The van der Waals surface area contributed by atoms with Crippen LogP contribution < -0.4 is 11.1 Å². The minimum absolute atomic E-state index is 0.262. The molecular formula is C16H11F4IN4O3. The number of aromatic nitrogens is 2. The van der Waals surface area contributed by atoms with E-state index < -0.39 is 23.9 Å². The second-order valence-electron chi connectivity index (χ2n) is 5.20. The lowest BCUT2D eigenvalue weighted by atomic mass is 10.2. The Hall–Kier alpha value is -2.90. The van der Waals surface area contributed by atoms with E-state index in [4.69, 9.17) is 15.6 Å². The number of primary amides is 1. The number of fused-ring (bicyclic) bond motifs is 1. The predicted molar refractivity (Wildman–Crippen MR) is 99.8 cm³/mol. The Bertz CT molecular complexity index is 1040. The van der Waals surface area contributed by atoms with Gasteiger partial charge in [0.25, 0.3) is 5.91 Å². The molecular weight excluding hydrogens is 499 g/mol. The summed E-state index contributed by atoms with van der Waals surface area (Å²) in [5.74, 6) is -3.38. The summed E-state index contributed by atoms with van der Waals surface area (Å²) in [6, 6.07) is 8.09. The summed E-state index contributed by atoms with van der Waals surface area (Å²) < 4.78 is 48.2. The van der Waals surface area contributed by atoms with Crippen LogP contribution in [0.2, 0.25) is 0 Å². The first-order valence-corrected chi connectivity index (χ1v) is 8.35. The van der Waals surface area contributed by atoms with Crippen LogP contribution in [0.15, 0.2) is 42.9 Å². The number of hydrogen-bond donors (Lipinski definition) is 3. The normalized spacial score (nSPS) is 10.9. The average Bonchev–Trinajstić information content (AvgIpc) is 3.06. The number of carboxylic acids is 1. The predicted octanol–water partition coefficient (Wildman–Crippen LogP) is 3.55. The molecule has 0 aliphatic heterocycles. The van der Waals surface area contributed by atoms with E-state index in [1.54, 1.807) is 34.9 Å². The molecule has 0 bridgehead atoms. The summed E-state index contributed by atoms with van der Waals surface area (Å²) in [5.41, 5.74) is 6.68. The number of halogens is 5. The summed E-state index contributed by atoms with van der Waals surface area (Å²) >= 11 is 2.03. The number of hydrogen-bond acceptors (Lipinski definition) is 4. The van der Waals surface area contributed by atoms with E-state index in [0.29, 0.717) is 5.82 Å². The first-order chi connectivity index (χ1) is 13.0. The van der Waals surface area contributed by atoms with E-state index in [1.807, 2.05) is 22.6 Å². The van der Waals surface area contributed by atoms with Crippen molar-refractivity contribution >= 4 is 51.5 Å². The van der Waals surface area contributed by atoms with Crippen molar-refractivity contribution in [1.29, 1.82) is 0 Å². The van der Waals surface area contributed by atoms with Crippen molar-refractivity contribution in [2.45, 2.75) is 6.18 Å². The lowest BCUT2D eigenvalue weighted by molar-refractivity contribution is -0.192. The largest absolute Gasteiger partial charge is 0.490 e. The SMILES string of the molecule is NC(=O)c1ccc2cncn2c1Nc1ccc(I)cc1F.O=C(O)C(F)(F)F. The Balaban J connectivity index is 0.000000345. The number of benzene rings is 1. The fourth-order valence-electron chi connectivity index (χ4n) is 2.04. The van der Waals surface area contributed by atoms with Gasteiger partial charge in [-0.2, -0.15) is 13.2 Å². The molecule has 0 unspecified atom stereocenters. The van der Waals surface area contributed by atoms with E-state index in [0.717, 1.165) is 9.09 Å². The highest BCUT2D eigenvalue weighted by Crippen LogP contribution is 2.25. The lowest BCUT2D eigenvalue weighted by Gasteiger charge is -2.13. The van der Waals surface area contributed by atoms with Crippen molar-refractivity contribution in [3.05, 3.63) is 57.8 Å². The molecule has 0 saturated carbocycles. The summed E-state index contributed by atoms with van der Waals surface area (Å²) in [6.07, 6.45) is -1.91. The fraction of sp³-hybridized carbons (Fsp3) is 0.0625. The number of carbonyl (C=O) groups is 2. The molecule has 1 amide bonds. The van der Waals surface area contributed by atoms with Gasteiger partial charge >= 0.3 is 12.1 Å². The number of amides is 1. The number of nitrogens with two attached hydrogens (primary N) is 1. The number of aliphatic carboxylic acids is 1. The molecule has 3 aromatic rings. The van der Waals surface area contributed by atoms with Crippen molar-refractivity contribution in [1.82, 2.24) is 9.38 Å². The van der Waals surface area contributed by atoms with Crippen LogP contribution >= 0.6 is 22.6 Å². The number of rotatable bonds is 3. The molecule has 0 radical (unpaired) electrons. The maximum absolute atomic E-state index is 14.0. The quantitative estimate of drug-likeness (QED) is 0.369. The van der Waals surface area contributed by atoms with Gasteiger partial charge in [-0.05, 0) is 52.9 Å². The zero-order valence-electron chi connectivity index (χ0n) is 13.7. The molecule has 2 aromatic heterocycles. The zero-order valence-corrected chi connectivity index (χ0v) is 15.8. The first-order valence-electron chi connectivity index (χ1n) is 7.27. The average molecular weight is 510 g/mol. The van der Waals surface area contributed by atoms with E-state index >= 15 is 0 Å². The molecule has 28 heavy (non-hydrogen) atoms. The highest BCUT2D eigenvalue weighted by atomic mass is 127. The number of alkyl halides is 3. The summed E-state index contributed by atoms with van der Waals surface area (Å²) in [6.45, 7) is 0. The van der Waals surface area contributed by atoms with Crippen LogP contribution in [0.1, 0.15) is 10.4 Å². The number of carbonyl (C=O) groups excluding carboxylic acids is 1. The molecule has 2 heterocycles. The Morgan fingerprint density at radius 3 is 2.39 bits per heavy atom. The number of nitrogens with one attached hydrogen (secondary N) is 1. The number of anilines is 2. The maximum Gasteiger partial charge on any atom is 0.490 e. The Morgan fingerprint density at radius 2 is 1.86 bits per heavy atom. The minimum atomic E-state index is -5.08.